The second-order valence-corrected chi connectivity index (χ2v) is 7.55. The third kappa shape index (κ3) is 3.85. The first-order valence-electron chi connectivity index (χ1n) is 7.18. The van der Waals surface area contributed by atoms with E-state index >= 15 is 0 Å². The van der Waals surface area contributed by atoms with Gasteiger partial charge in [0, 0.05) is 31.0 Å². The van der Waals surface area contributed by atoms with Gasteiger partial charge in [-0.3, -0.25) is 14.6 Å². The number of carbonyl (C=O) groups is 2. The molecule has 6 nitrogen and oxygen atoms in total. The topological polar surface area (TPSA) is 89.9 Å². The molecule has 0 amide bonds. The molecule has 1 unspecified atom stereocenters. The van der Waals surface area contributed by atoms with Gasteiger partial charge in [-0.15, -0.1) is 0 Å². The van der Waals surface area contributed by atoms with Gasteiger partial charge in [0.2, 0.25) is 0 Å². The third-order valence-electron chi connectivity index (χ3n) is 3.71. The molecule has 0 radical (unpaired) electrons. The molecule has 1 aromatic rings. The molecule has 1 saturated carbocycles. The molecule has 0 aromatic heterocycles. The maximum atomic E-state index is 12.6. The van der Waals surface area contributed by atoms with Gasteiger partial charge in [-0.05, 0) is 31.0 Å². The van der Waals surface area contributed by atoms with Crippen molar-refractivity contribution in [1.82, 2.24) is 0 Å². The SMILES string of the molecule is CN=CC(C(=O)c1ccc(OC)c(S(C)(=O)=O)c1)C(=O)C1CC1. The third-order valence-corrected chi connectivity index (χ3v) is 4.83. The zero-order valence-corrected chi connectivity index (χ0v) is 14.1. The van der Waals surface area contributed by atoms with Crippen molar-refractivity contribution in [3.05, 3.63) is 23.8 Å². The zero-order chi connectivity index (χ0) is 17.2. The minimum Gasteiger partial charge on any atom is -0.495 e. The lowest BCUT2D eigenvalue weighted by Gasteiger charge is -2.12. The van der Waals surface area contributed by atoms with E-state index in [1.165, 1.54) is 38.6 Å². The van der Waals surface area contributed by atoms with Crippen LogP contribution in [-0.2, 0) is 14.6 Å². The summed E-state index contributed by atoms with van der Waals surface area (Å²) in [4.78, 5) is 28.6. The molecular formula is C16H19NO5S. The molecule has 0 N–H and O–H groups in total. The monoisotopic (exact) mass is 337 g/mol. The molecule has 2 rings (SSSR count). The van der Waals surface area contributed by atoms with Gasteiger partial charge in [-0.25, -0.2) is 8.42 Å². The number of nitrogens with zero attached hydrogens (tertiary/aromatic N) is 1. The Labute approximate surface area is 135 Å². The number of hydrogen-bond donors (Lipinski definition) is 0. The van der Waals surface area contributed by atoms with Gasteiger partial charge in [0.15, 0.2) is 21.4 Å². The molecule has 1 aromatic carbocycles. The van der Waals surface area contributed by atoms with Crippen LogP contribution in [0.3, 0.4) is 0 Å². The Morgan fingerprint density at radius 3 is 2.48 bits per heavy atom. The van der Waals surface area contributed by atoms with Crippen LogP contribution in [-0.4, -0.2) is 46.6 Å². The highest BCUT2D eigenvalue weighted by Crippen LogP contribution is 2.33. The molecule has 0 heterocycles. The molecule has 0 spiro atoms. The average Bonchev–Trinajstić information content (AvgIpc) is 3.34. The fraction of sp³-hybridized carbons (Fsp3) is 0.438. The van der Waals surface area contributed by atoms with Gasteiger partial charge in [0.05, 0.1) is 7.11 Å². The van der Waals surface area contributed by atoms with E-state index in [1.54, 1.807) is 0 Å². The summed E-state index contributed by atoms with van der Waals surface area (Å²) in [6.45, 7) is 0. The zero-order valence-electron chi connectivity index (χ0n) is 13.3. The Kier molecular flexibility index (Phi) is 4.99. The largest absolute Gasteiger partial charge is 0.495 e. The standard InChI is InChI=1S/C16H19NO5S/c1-17-9-12(15(18)10-4-5-10)16(19)11-6-7-13(22-2)14(8-11)23(3,20)21/h6-10,12H,4-5H2,1-3H3. The van der Waals surface area contributed by atoms with E-state index in [0.29, 0.717) is 0 Å². The second-order valence-electron chi connectivity index (χ2n) is 5.56. The smallest absolute Gasteiger partial charge is 0.179 e. The van der Waals surface area contributed by atoms with Crippen LogP contribution in [0.15, 0.2) is 28.1 Å². The number of hydrogen-bond acceptors (Lipinski definition) is 6. The maximum Gasteiger partial charge on any atom is 0.179 e. The number of rotatable bonds is 7. The Morgan fingerprint density at radius 1 is 1.35 bits per heavy atom. The lowest BCUT2D eigenvalue weighted by molar-refractivity contribution is -0.120. The minimum absolute atomic E-state index is 0.0723. The van der Waals surface area contributed by atoms with E-state index in [2.05, 4.69) is 4.99 Å². The Balaban J connectivity index is 2.43. The number of carbonyl (C=O) groups excluding carboxylic acids is 2. The minimum atomic E-state index is -3.56. The lowest BCUT2D eigenvalue weighted by Crippen LogP contribution is -2.27. The number of Topliss-reactive ketones (excluding diaryl/α,β-unsaturated/α-hetero) is 2. The van der Waals surface area contributed by atoms with Crippen LogP contribution in [0.4, 0.5) is 0 Å². The number of sulfone groups is 1. The second kappa shape index (κ2) is 6.62. The van der Waals surface area contributed by atoms with E-state index in [1.807, 2.05) is 0 Å². The molecule has 1 aliphatic rings. The van der Waals surface area contributed by atoms with Crippen LogP contribution in [0.25, 0.3) is 0 Å². The normalized spacial score (nSPS) is 16.3. The molecule has 1 aliphatic carbocycles. The van der Waals surface area contributed by atoms with Crippen molar-refractivity contribution in [3.8, 4) is 5.75 Å². The van der Waals surface area contributed by atoms with Crippen LogP contribution in [0, 0.1) is 11.8 Å². The van der Waals surface area contributed by atoms with E-state index in [4.69, 9.17) is 4.74 Å². The highest BCUT2D eigenvalue weighted by Gasteiger charge is 2.37. The number of methoxy groups -OCH3 is 1. The fourth-order valence-corrected chi connectivity index (χ4v) is 3.20. The molecule has 23 heavy (non-hydrogen) atoms. The highest BCUT2D eigenvalue weighted by molar-refractivity contribution is 7.90. The lowest BCUT2D eigenvalue weighted by atomic mass is 9.92. The molecule has 1 atom stereocenters. The summed E-state index contributed by atoms with van der Waals surface area (Å²) in [5.74, 6) is -1.49. The Morgan fingerprint density at radius 2 is 2.00 bits per heavy atom. The van der Waals surface area contributed by atoms with Crippen molar-refractivity contribution in [3.63, 3.8) is 0 Å². The highest BCUT2D eigenvalue weighted by atomic mass is 32.2. The summed E-state index contributed by atoms with van der Waals surface area (Å²) in [6.07, 6.45) is 3.95. The first-order chi connectivity index (χ1) is 10.8. The van der Waals surface area contributed by atoms with E-state index in [-0.39, 0.29) is 27.9 Å². The fourth-order valence-electron chi connectivity index (χ4n) is 2.34. The molecule has 0 saturated heterocycles. The van der Waals surface area contributed by atoms with Gasteiger partial charge in [0.25, 0.3) is 0 Å². The van der Waals surface area contributed by atoms with Gasteiger partial charge < -0.3 is 4.74 Å². The summed E-state index contributed by atoms with van der Waals surface area (Å²) in [7, 11) is -0.707. The van der Waals surface area contributed by atoms with Gasteiger partial charge >= 0.3 is 0 Å². The molecule has 7 heteroatoms. The quantitative estimate of drug-likeness (QED) is 0.428. The van der Waals surface area contributed by atoms with Gasteiger partial charge in [0.1, 0.15) is 16.6 Å². The molecular weight excluding hydrogens is 318 g/mol. The van der Waals surface area contributed by atoms with Gasteiger partial charge in [-0.2, -0.15) is 0 Å². The van der Waals surface area contributed by atoms with Crippen molar-refractivity contribution < 1.29 is 22.7 Å². The molecule has 124 valence electrons. The molecule has 1 fully saturated rings. The van der Waals surface area contributed by atoms with Crippen LogP contribution in [0.1, 0.15) is 23.2 Å². The summed E-state index contributed by atoms with van der Waals surface area (Å²) >= 11 is 0. The number of benzene rings is 1. The van der Waals surface area contributed by atoms with Crippen molar-refractivity contribution >= 4 is 27.6 Å². The number of ketones is 2. The average molecular weight is 337 g/mol. The first-order valence-corrected chi connectivity index (χ1v) is 9.07. The van der Waals surface area contributed by atoms with E-state index in [9.17, 15) is 18.0 Å². The summed E-state index contributed by atoms with van der Waals surface area (Å²) in [5, 5.41) is 0. The summed E-state index contributed by atoms with van der Waals surface area (Å²) in [5.41, 5.74) is 0.158. The van der Waals surface area contributed by atoms with E-state index in [0.717, 1.165) is 19.1 Å². The number of ether oxygens (including phenoxy) is 1. The first kappa shape index (κ1) is 17.3. The Hall–Kier alpha value is -2.02. The summed E-state index contributed by atoms with van der Waals surface area (Å²) in [6, 6.07) is 4.14. The van der Waals surface area contributed by atoms with Crippen molar-refractivity contribution in [2.75, 3.05) is 20.4 Å². The Bertz CT molecular complexity index is 763. The van der Waals surface area contributed by atoms with Crippen LogP contribution < -0.4 is 4.74 Å². The van der Waals surface area contributed by atoms with Gasteiger partial charge in [-0.1, -0.05) is 0 Å². The van der Waals surface area contributed by atoms with Crippen LogP contribution >= 0.6 is 0 Å². The molecule has 0 bridgehead atoms. The molecule has 0 aliphatic heterocycles. The number of aliphatic imine (C=N–C) groups is 1. The van der Waals surface area contributed by atoms with Crippen LogP contribution in [0.5, 0.6) is 5.75 Å². The van der Waals surface area contributed by atoms with Crippen LogP contribution in [0.2, 0.25) is 0 Å². The summed E-state index contributed by atoms with van der Waals surface area (Å²) < 4.78 is 28.7. The maximum absolute atomic E-state index is 12.6. The van der Waals surface area contributed by atoms with Crippen molar-refractivity contribution in [1.29, 1.82) is 0 Å². The predicted octanol–water partition coefficient (Wildman–Crippen LogP) is 1.58. The van der Waals surface area contributed by atoms with E-state index < -0.39 is 21.5 Å². The van der Waals surface area contributed by atoms with Crippen molar-refractivity contribution in [2.45, 2.75) is 17.7 Å². The van der Waals surface area contributed by atoms with Crippen molar-refractivity contribution in [2.24, 2.45) is 16.8 Å². The predicted molar refractivity (Wildman–Crippen MR) is 86.1 cm³/mol.